The molecule has 0 aromatic carbocycles. The Labute approximate surface area is 78.2 Å². The minimum atomic E-state index is -1.96. The number of ether oxygens (including phenoxy) is 2. The molecule has 0 N–H and O–H groups in total. The van der Waals surface area contributed by atoms with Crippen LogP contribution in [-0.2, 0) is 14.3 Å². The molecule has 0 fully saturated rings. The Balaban J connectivity index is 3.85. The molecule has 0 aliphatic rings. The lowest BCUT2D eigenvalue weighted by molar-refractivity contribution is -0.177. The molecule has 0 aliphatic carbocycles. The quantitative estimate of drug-likeness (QED) is 0.624. The van der Waals surface area contributed by atoms with Crippen molar-refractivity contribution in [3.63, 3.8) is 0 Å². The van der Waals surface area contributed by atoms with Crippen molar-refractivity contribution in [1.82, 2.24) is 0 Å². The van der Waals surface area contributed by atoms with Crippen LogP contribution in [0.25, 0.3) is 0 Å². The fourth-order valence-corrected chi connectivity index (χ4v) is 0.609. The van der Waals surface area contributed by atoms with Gasteiger partial charge in [-0.05, 0) is 19.8 Å². The van der Waals surface area contributed by atoms with Crippen LogP contribution in [0.4, 0.5) is 4.39 Å². The first kappa shape index (κ1) is 12.4. The molecule has 2 atom stereocenters. The molecule has 0 aromatic rings. The predicted molar refractivity (Wildman–Crippen MR) is 46.9 cm³/mol. The summed E-state index contributed by atoms with van der Waals surface area (Å²) in [6.07, 6.45) is -2.25. The molecule has 0 bridgehead atoms. The highest BCUT2D eigenvalue weighted by molar-refractivity contribution is 5.72. The summed E-state index contributed by atoms with van der Waals surface area (Å²) in [6, 6.07) is 0. The van der Waals surface area contributed by atoms with Gasteiger partial charge in [0.1, 0.15) is 0 Å². The number of alkyl halides is 1. The van der Waals surface area contributed by atoms with Gasteiger partial charge in [-0.1, -0.05) is 13.8 Å². The molecule has 0 radical (unpaired) electrons. The number of carbonyl (C=O) groups is 1. The maximum absolute atomic E-state index is 12.9. The average Bonchev–Trinajstić information content (AvgIpc) is 2.04. The molecule has 3 nitrogen and oxygen atoms in total. The number of rotatable bonds is 5. The summed E-state index contributed by atoms with van der Waals surface area (Å²) in [5.74, 6) is -0.775. The monoisotopic (exact) mass is 192 g/mol. The molecule has 0 saturated carbocycles. The molecule has 0 aliphatic heterocycles. The van der Waals surface area contributed by atoms with Crippen molar-refractivity contribution >= 4 is 5.97 Å². The Hall–Kier alpha value is -0.640. The van der Waals surface area contributed by atoms with Gasteiger partial charge in [0.15, 0.2) is 0 Å². The second-order valence-electron chi connectivity index (χ2n) is 3.15. The van der Waals surface area contributed by atoms with Gasteiger partial charge in [-0.2, -0.15) is 0 Å². The third-order valence-electron chi connectivity index (χ3n) is 1.74. The first-order valence-corrected chi connectivity index (χ1v) is 4.45. The van der Waals surface area contributed by atoms with Crippen LogP contribution in [0.1, 0.15) is 27.7 Å². The van der Waals surface area contributed by atoms with Crippen molar-refractivity contribution < 1.29 is 18.7 Å². The normalized spacial score (nSPS) is 15.5. The van der Waals surface area contributed by atoms with E-state index in [2.05, 4.69) is 4.74 Å². The van der Waals surface area contributed by atoms with Gasteiger partial charge in [0.2, 0.25) is 0 Å². The number of halogens is 1. The lowest BCUT2D eigenvalue weighted by Crippen LogP contribution is -2.28. The van der Waals surface area contributed by atoms with E-state index in [1.54, 1.807) is 13.8 Å². The summed E-state index contributed by atoms with van der Waals surface area (Å²) in [7, 11) is 0. The van der Waals surface area contributed by atoms with Crippen molar-refractivity contribution in [3.8, 4) is 0 Å². The Morgan fingerprint density at radius 2 is 1.92 bits per heavy atom. The van der Waals surface area contributed by atoms with Crippen LogP contribution in [0.2, 0.25) is 0 Å². The van der Waals surface area contributed by atoms with Crippen LogP contribution < -0.4 is 0 Å². The van der Waals surface area contributed by atoms with Crippen LogP contribution in [0.3, 0.4) is 0 Å². The molecule has 0 spiro atoms. The average molecular weight is 192 g/mol. The van der Waals surface area contributed by atoms with E-state index < -0.39 is 12.3 Å². The SMILES string of the molecule is CCOC(=O)C(F)OC(C)C(C)C. The highest BCUT2D eigenvalue weighted by Gasteiger charge is 2.22. The number of carbonyl (C=O) groups excluding carboxylic acids is 1. The van der Waals surface area contributed by atoms with E-state index in [0.29, 0.717) is 0 Å². The largest absolute Gasteiger partial charge is 0.462 e. The van der Waals surface area contributed by atoms with Crippen LogP contribution in [0.15, 0.2) is 0 Å². The molecule has 78 valence electrons. The topological polar surface area (TPSA) is 35.5 Å². The molecular weight excluding hydrogens is 175 g/mol. The molecule has 0 aromatic heterocycles. The Kier molecular flexibility index (Phi) is 5.62. The summed E-state index contributed by atoms with van der Waals surface area (Å²) < 4.78 is 22.1. The van der Waals surface area contributed by atoms with E-state index in [4.69, 9.17) is 4.74 Å². The van der Waals surface area contributed by atoms with Gasteiger partial charge < -0.3 is 9.47 Å². The summed E-state index contributed by atoms with van der Waals surface area (Å²) in [6.45, 7) is 7.29. The highest BCUT2D eigenvalue weighted by atomic mass is 19.1. The zero-order valence-electron chi connectivity index (χ0n) is 8.54. The first-order chi connectivity index (χ1) is 5.99. The number of hydrogen-bond donors (Lipinski definition) is 0. The fraction of sp³-hybridized carbons (Fsp3) is 0.889. The second kappa shape index (κ2) is 5.91. The van der Waals surface area contributed by atoms with Crippen LogP contribution in [-0.4, -0.2) is 25.0 Å². The fourth-order valence-electron chi connectivity index (χ4n) is 0.609. The smallest absolute Gasteiger partial charge is 0.368 e. The van der Waals surface area contributed by atoms with Crippen LogP contribution in [0, 0.1) is 5.92 Å². The molecule has 2 unspecified atom stereocenters. The van der Waals surface area contributed by atoms with Gasteiger partial charge in [-0.25, -0.2) is 9.18 Å². The van der Waals surface area contributed by atoms with Gasteiger partial charge >= 0.3 is 5.97 Å². The standard InChI is InChI=1S/C9H17FO3/c1-5-12-9(11)8(10)13-7(4)6(2)3/h6-8H,5H2,1-4H3. The van der Waals surface area contributed by atoms with Crippen molar-refractivity contribution in [2.75, 3.05) is 6.61 Å². The van der Waals surface area contributed by atoms with Crippen molar-refractivity contribution in [2.24, 2.45) is 5.92 Å². The molecule has 0 rings (SSSR count). The van der Waals surface area contributed by atoms with E-state index in [-0.39, 0.29) is 18.6 Å². The third-order valence-corrected chi connectivity index (χ3v) is 1.74. The Morgan fingerprint density at radius 3 is 2.31 bits per heavy atom. The van der Waals surface area contributed by atoms with Crippen molar-refractivity contribution in [2.45, 2.75) is 40.2 Å². The molecule has 0 saturated heterocycles. The highest BCUT2D eigenvalue weighted by Crippen LogP contribution is 2.10. The zero-order valence-corrected chi connectivity index (χ0v) is 8.54. The lowest BCUT2D eigenvalue weighted by Gasteiger charge is -2.18. The lowest BCUT2D eigenvalue weighted by atomic mass is 10.1. The molecular formula is C9H17FO3. The Bertz CT molecular complexity index is 159. The van der Waals surface area contributed by atoms with Crippen LogP contribution in [0.5, 0.6) is 0 Å². The molecule has 4 heteroatoms. The van der Waals surface area contributed by atoms with E-state index in [1.165, 1.54) is 0 Å². The van der Waals surface area contributed by atoms with E-state index in [9.17, 15) is 9.18 Å². The van der Waals surface area contributed by atoms with E-state index in [0.717, 1.165) is 0 Å². The Morgan fingerprint density at radius 1 is 1.38 bits per heavy atom. The van der Waals surface area contributed by atoms with E-state index >= 15 is 0 Å². The summed E-state index contributed by atoms with van der Waals surface area (Å²) in [5, 5.41) is 0. The van der Waals surface area contributed by atoms with Gasteiger partial charge in [-0.15, -0.1) is 0 Å². The van der Waals surface area contributed by atoms with Gasteiger partial charge in [0, 0.05) is 0 Å². The molecule has 0 heterocycles. The van der Waals surface area contributed by atoms with Gasteiger partial charge in [-0.3, -0.25) is 0 Å². The van der Waals surface area contributed by atoms with Crippen molar-refractivity contribution in [1.29, 1.82) is 0 Å². The molecule has 13 heavy (non-hydrogen) atoms. The predicted octanol–water partition coefficient (Wildman–Crippen LogP) is 1.91. The number of esters is 1. The van der Waals surface area contributed by atoms with Crippen LogP contribution >= 0.6 is 0 Å². The van der Waals surface area contributed by atoms with Gasteiger partial charge in [0.05, 0.1) is 12.7 Å². The van der Waals surface area contributed by atoms with E-state index in [1.807, 2.05) is 13.8 Å². The number of hydrogen-bond acceptors (Lipinski definition) is 3. The summed E-state index contributed by atoms with van der Waals surface area (Å²) in [4.78, 5) is 10.8. The first-order valence-electron chi connectivity index (χ1n) is 4.45. The molecule has 0 amide bonds. The summed E-state index contributed by atoms with van der Waals surface area (Å²) >= 11 is 0. The third kappa shape index (κ3) is 4.83. The minimum Gasteiger partial charge on any atom is -0.462 e. The summed E-state index contributed by atoms with van der Waals surface area (Å²) in [5.41, 5.74) is 0. The maximum Gasteiger partial charge on any atom is 0.368 e. The second-order valence-corrected chi connectivity index (χ2v) is 3.15. The minimum absolute atomic E-state index is 0.165. The zero-order chi connectivity index (χ0) is 10.4. The maximum atomic E-state index is 12.9. The van der Waals surface area contributed by atoms with Crippen molar-refractivity contribution in [3.05, 3.63) is 0 Å². The van der Waals surface area contributed by atoms with Gasteiger partial charge in [0.25, 0.3) is 6.36 Å².